The third kappa shape index (κ3) is 7.63. The molecular weight excluding hydrogens is 588 g/mol. The van der Waals surface area contributed by atoms with Crippen molar-refractivity contribution in [1.29, 1.82) is 0 Å². The van der Waals surface area contributed by atoms with Gasteiger partial charge in [-0.15, -0.1) is 0 Å². The molecule has 0 radical (unpaired) electrons. The molecule has 0 spiro atoms. The van der Waals surface area contributed by atoms with Gasteiger partial charge in [0.15, 0.2) is 0 Å². The van der Waals surface area contributed by atoms with Gasteiger partial charge in [0, 0.05) is 54.8 Å². The number of aryl methyl sites for hydroxylation is 1. The van der Waals surface area contributed by atoms with Gasteiger partial charge in [-0.1, -0.05) is 24.3 Å². The molecule has 0 atom stereocenters. The number of ketones is 1. The predicted molar refractivity (Wildman–Crippen MR) is 184 cm³/mol. The highest BCUT2D eigenvalue weighted by atomic mass is 16.5. The maximum absolute atomic E-state index is 14.4. The number of hydrogen-bond donors (Lipinski definition) is 1. The lowest BCUT2D eigenvalue weighted by Crippen LogP contribution is -2.47. The van der Waals surface area contributed by atoms with Gasteiger partial charge in [0.2, 0.25) is 11.8 Å². The number of anilines is 1. The Morgan fingerprint density at radius 1 is 0.957 bits per heavy atom. The lowest BCUT2D eigenvalue weighted by molar-refractivity contribution is -0.138. The lowest BCUT2D eigenvalue weighted by atomic mass is 9.78. The van der Waals surface area contributed by atoms with E-state index in [1.807, 2.05) is 10.9 Å². The highest BCUT2D eigenvalue weighted by Crippen LogP contribution is 2.39. The van der Waals surface area contributed by atoms with Crippen molar-refractivity contribution < 1.29 is 19.1 Å². The third-order valence-electron chi connectivity index (χ3n) is 10.8. The standard InChI is InChI=1S/C39H50N4O4/c1-25(2)43-24-33(22-40-43)30-6-5-7-35(19-30)42(23-27-8-10-28(11-9-27)31-14-17-37(47-4)26(3)18-31)39(46)29-12-15-34(16-13-29)41-38(45)32-20-36(44)21-32/h5-7,14,17-19,22,24-25,27-29,32,34H,8-13,15-16,20-21,23H2,1-4H3,(H,41,45). The first-order valence-corrected chi connectivity index (χ1v) is 17.6. The first kappa shape index (κ1) is 33.0. The highest BCUT2D eigenvalue weighted by Gasteiger charge is 2.36. The summed E-state index contributed by atoms with van der Waals surface area (Å²) >= 11 is 0. The summed E-state index contributed by atoms with van der Waals surface area (Å²) in [5.41, 5.74) is 5.62. The molecule has 1 N–H and O–H groups in total. The Morgan fingerprint density at radius 2 is 1.70 bits per heavy atom. The van der Waals surface area contributed by atoms with Gasteiger partial charge >= 0.3 is 0 Å². The van der Waals surface area contributed by atoms with E-state index in [1.54, 1.807) is 7.11 Å². The molecule has 3 saturated carbocycles. The zero-order valence-corrected chi connectivity index (χ0v) is 28.4. The fraction of sp³-hybridized carbons (Fsp3) is 0.538. The van der Waals surface area contributed by atoms with Crippen LogP contribution in [0.25, 0.3) is 11.1 Å². The molecule has 1 aromatic heterocycles. The second-order valence-electron chi connectivity index (χ2n) is 14.4. The van der Waals surface area contributed by atoms with Gasteiger partial charge in [-0.2, -0.15) is 5.10 Å². The monoisotopic (exact) mass is 638 g/mol. The van der Waals surface area contributed by atoms with Crippen LogP contribution in [0.15, 0.2) is 54.9 Å². The molecular formula is C39H50N4O4. The van der Waals surface area contributed by atoms with Crippen LogP contribution in [0, 0.1) is 24.7 Å². The first-order chi connectivity index (χ1) is 22.7. The van der Waals surface area contributed by atoms with Gasteiger partial charge in [-0.05, 0) is 119 Å². The van der Waals surface area contributed by atoms with Crippen LogP contribution < -0.4 is 15.0 Å². The number of hydrogen-bond acceptors (Lipinski definition) is 5. The van der Waals surface area contributed by atoms with Gasteiger partial charge in [0.05, 0.1) is 19.2 Å². The molecule has 8 nitrogen and oxygen atoms in total. The number of carbonyl (C=O) groups excluding carboxylic acids is 3. The molecule has 1 heterocycles. The maximum Gasteiger partial charge on any atom is 0.230 e. The Balaban J connectivity index is 1.15. The van der Waals surface area contributed by atoms with Crippen LogP contribution >= 0.6 is 0 Å². The minimum Gasteiger partial charge on any atom is -0.496 e. The van der Waals surface area contributed by atoms with Gasteiger partial charge < -0.3 is 15.0 Å². The van der Waals surface area contributed by atoms with Crippen molar-refractivity contribution in [2.45, 2.75) is 103 Å². The number of methoxy groups -OCH3 is 1. The van der Waals surface area contributed by atoms with Crippen LogP contribution in [0.3, 0.4) is 0 Å². The van der Waals surface area contributed by atoms with Gasteiger partial charge in [0.1, 0.15) is 11.5 Å². The number of amides is 2. The quantitative estimate of drug-likeness (QED) is 0.250. The highest BCUT2D eigenvalue weighted by molar-refractivity contribution is 5.97. The SMILES string of the molecule is COc1ccc(C2CCC(CN(C(=O)C3CCC(NC(=O)C4CC(=O)C4)CC3)c3cccc(-c4cnn(C(C)C)c4)c3)CC2)cc1C. The van der Waals surface area contributed by atoms with E-state index in [1.165, 1.54) is 11.1 Å². The minimum absolute atomic E-state index is 0.000916. The van der Waals surface area contributed by atoms with Crippen LogP contribution in [0.1, 0.15) is 101 Å². The van der Waals surface area contributed by atoms with Crippen molar-refractivity contribution in [2.75, 3.05) is 18.6 Å². The van der Waals surface area contributed by atoms with Crippen molar-refractivity contribution >= 4 is 23.3 Å². The average molecular weight is 639 g/mol. The molecule has 3 aromatic rings. The molecule has 2 aromatic carbocycles. The summed E-state index contributed by atoms with van der Waals surface area (Å²) in [6, 6.07) is 15.3. The Kier molecular flexibility index (Phi) is 10.1. The number of nitrogens with one attached hydrogen (secondary N) is 1. The van der Waals surface area contributed by atoms with E-state index >= 15 is 0 Å². The van der Waals surface area contributed by atoms with E-state index in [4.69, 9.17) is 4.74 Å². The Bertz CT molecular complexity index is 1570. The van der Waals surface area contributed by atoms with Gasteiger partial charge in [0.25, 0.3) is 0 Å². The van der Waals surface area contributed by atoms with Crippen LogP contribution in [0.5, 0.6) is 5.75 Å². The van der Waals surface area contributed by atoms with Crippen LogP contribution in [-0.2, 0) is 14.4 Å². The van der Waals surface area contributed by atoms with E-state index in [9.17, 15) is 14.4 Å². The second-order valence-corrected chi connectivity index (χ2v) is 14.4. The summed E-state index contributed by atoms with van der Waals surface area (Å²) in [6.07, 6.45) is 12.2. The number of benzene rings is 2. The van der Waals surface area contributed by atoms with Gasteiger partial charge in [-0.25, -0.2) is 0 Å². The van der Waals surface area contributed by atoms with E-state index in [0.717, 1.165) is 73.9 Å². The fourth-order valence-electron chi connectivity index (χ4n) is 7.74. The van der Waals surface area contributed by atoms with E-state index in [-0.39, 0.29) is 41.5 Å². The maximum atomic E-state index is 14.4. The Labute approximate surface area is 279 Å². The number of rotatable bonds is 10. The normalized spacial score (nSPS) is 23.3. The number of ether oxygens (including phenoxy) is 1. The zero-order chi connectivity index (χ0) is 33.1. The largest absolute Gasteiger partial charge is 0.496 e. The molecule has 0 aliphatic heterocycles. The Morgan fingerprint density at radius 3 is 2.34 bits per heavy atom. The van der Waals surface area contributed by atoms with E-state index < -0.39 is 0 Å². The topological polar surface area (TPSA) is 93.5 Å². The molecule has 0 saturated heterocycles. The second kappa shape index (κ2) is 14.4. The molecule has 0 unspecified atom stereocenters. The van der Waals surface area contributed by atoms with Crippen molar-refractivity contribution in [3.63, 3.8) is 0 Å². The van der Waals surface area contributed by atoms with Crippen molar-refractivity contribution in [3.05, 3.63) is 66.0 Å². The van der Waals surface area contributed by atoms with Gasteiger partial charge in [-0.3, -0.25) is 19.1 Å². The van der Waals surface area contributed by atoms with Crippen molar-refractivity contribution in [2.24, 2.45) is 17.8 Å². The number of carbonyl (C=O) groups is 3. The summed E-state index contributed by atoms with van der Waals surface area (Å²) in [5.74, 6) is 2.03. The molecule has 8 heteroatoms. The van der Waals surface area contributed by atoms with Crippen LogP contribution in [0.2, 0.25) is 0 Å². The summed E-state index contributed by atoms with van der Waals surface area (Å²) in [4.78, 5) is 40.4. The third-order valence-corrected chi connectivity index (χ3v) is 10.8. The van der Waals surface area contributed by atoms with Crippen LogP contribution in [-0.4, -0.2) is 47.1 Å². The molecule has 3 fully saturated rings. The number of nitrogens with zero attached hydrogens (tertiary/aromatic N) is 3. The summed E-state index contributed by atoms with van der Waals surface area (Å²) in [5, 5.41) is 7.71. The minimum atomic E-state index is -0.166. The average Bonchev–Trinajstić information content (AvgIpc) is 3.57. The zero-order valence-electron chi connectivity index (χ0n) is 28.4. The van der Waals surface area contributed by atoms with Crippen molar-refractivity contribution in [1.82, 2.24) is 15.1 Å². The van der Waals surface area contributed by atoms with Crippen molar-refractivity contribution in [3.8, 4) is 16.9 Å². The summed E-state index contributed by atoms with van der Waals surface area (Å²) in [7, 11) is 1.72. The predicted octanol–water partition coefficient (Wildman–Crippen LogP) is 7.41. The molecule has 0 bridgehead atoms. The first-order valence-electron chi connectivity index (χ1n) is 17.6. The molecule has 250 valence electrons. The molecule has 3 aliphatic rings. The molecule has 2 amide bonds. The lowest BCUT2D eigenvalue weighted by Gasteiger charge is -2.37. The summed E-state index contributed by atoms with van der Waals surface area (Å²) < 4.78 is 7.45. The molecule has 47 heavy (non-hydrogen) atoms. The molecule has 3 aliphatic carbocycles. The number of aromatic nitrogens is 2. The summed E-state index contributed by atoms with van der Waals surface area (Å²) in [6.45, 7) is 7.06. The molecule has 6 rings (SSSR count). The van der Waals surface area contributed by atoms with E-state index in [0.29, 0.717) is 31.2 Å². The fourth-order valence-corrected chi connectivity index (χ4v) is 7.74. The Hall–Kier alpha value is -3.94. The smallest absolute Gasteiger partial charge is 0.230 e. The van der Waals surface area contributed by atoms with Crippen LogP contribution in [0.4, 0.5) is 5.69 Å². The number of Topliss-reactive ketones (excluding diaryl/α,β-unsaturated/α-hetero) is 1. The van der Waals surface area contributed by atoms with E-state index in [2.05, 4.69) is 84.7 Å².